The van der Waals surface area contributed by atoms with Crippen molar-refractivity contribution in [2.45, 2.75) is 57.0 Å². The molecule has 3 rings (SSSR count). The second-order valence-electron chi connectivity index (χ2n) is 6.16. The van der Waals surface area contributed by atoms with E-state index in [9.17, 15) is 0 Å². The fraction of sp³-hybridized carbons (Fsp3) is 1.00. The summed E-state index contributed by atoms with van der Waals surface area (Å²) in [5, 5.41) is 0. The van der Waals surface area contributed by atoms with Crippen molar-refractivity contribution >= 4 is 0 Å². The van der Waals surface area contributed by atoms with E-state index in [1.807, 2.05) is 0 Å². The van der Waals surface area contributed by atoms with Gasteiger partial charge in [0.2, 0.25) is 0 Å². The molecule has 0 amide bonds. The molecule has 0 radical (unpaired) electrons. The van der Waals surface area contributed by atoms with Crippen molar-refractivity contribution in [3.8, 4) is 0 Å². The molecule has 16 heavy (non-hydrogen) atoms. The lowest BCUT2D eigenvalue weighted by molar-refractivity contribution is 0.0831. The molecule has 3 atom stereocenters. The molecule has 92 valence electrons. The molecule has 0 bridgehead atoms. The smallest absolute Gasteiger partial charge is 0.0136 e. The van der Waals surface area contributed by atoms with E-state index in [0.717, 1.165) is 18.0 Å². The van der Waals surface area contributed by atoms with Gasteiger partial charge in [-0.05, 0) is 71.1 Å². The molecule has 2 saturated heterocycles. The van der Waals surface area contributed by atoms with Crippen LogP contribution in [0.25, 0.3) is 0 Å². The molecule has 3 fully saturated rings. The summed E-state index contributed by atoms with van der Waals surface area (Å²) in [6, 6.07) is 1.84. The number of rotatable bonds is 1. The average molecular weight is 222 g/mol. The highest BCUT2D eigenvalue weighted by molar-refractivity contribution is 4.94. The van der Waals surface area contributed by atoms with Crippen molar-refractivity contribution in [3.05, 3.63) is 0 Å². The first-order valence-electron chi connectivity index (χ1n) is 7.29. The van der Waals surface area contributed by atoms with Crippen LogP contribution < -0.4 is 0 Å². The number of hydrogen-bond donors (Lipinski definition) is 0. The zero-order chi connectivity index (χ0) is 11.0. The summed E-state index contributed by atoms with van der Waals surface area (Å²) >= 11 is 0. The molecular weight excluding hydrogens is 196 g/mol. The van der Waals surface area contributed by atoms with Gasteiger partial charge in [0, 0.05) is 12.1 Å². The summed E-state index contributed by atoms with van der Waals surface area (Å²) in [4.78, 5) is 5.42. The molecule has 0 aromatic carbocycles. The zero-order valence-electron chi connectivity index (χ0n) is 10.7. The minimum Gasteiger partial charge on any atom is -0.303 e. The Hall–Kier alpha value is -0.0800. The van der Waals surface area contributed by atoms with Crippen LogP contribution in [-0.4, -0.2) is 48.6 Å². The van der Waals surface area contributed by atoms with Crippen molar-refractivity contribution in [3.63, 3.8) is 0 Å². The lowest BCUT2D eigenvalue weighted by Gasteiger charge is -2.42. The van der Waals surface area contributed by atoms with Crippen LogP contribution in [0.5, 0.6) is 0 Å². The summed E-state index contributed by atoms with van der Waals surface area (Å²) in [5.74, 6) is 1.03. The van der Waals surface area contributed by atoms with Gasteiger partial charge in [-0.2, -0.15) is 0 Å². The molecule has 0 aromatic rings. The Balaban J connectivity index is 1.61. The Bertz CT molecular complexity index is 235. The van der Waals surface area contributed by atoms with Crippen LogP contribution in [0.15, 0.2) is 0 Å². The molecule has 2 aliphatic heterocycles. The predicted octanol–water partition coefficient (Wildman–Crippen LogP) is 2.35. The van der Waals surface area contributed by atoms with Gasteiger partial charge in [0.1, 0.15) is 0 Å². The normalized spacial score (nSPS) is 42.2. The van der Waals surface area contributed by atoms with Crippen LogP contribution in [0, 0.1) is 5.92 Å². The molecule has 1 saturated carbocycles. The molecule has 0 N–H and O–H groups in total. The second kappa shape index (κ2) is 4.66. The third-order valence-corrected chi connectivity index (χ3v) is 5.25. The quantitative estimate of drug-likeness (QED) is 0.672. The number of nitrogens with zero attached hydrogens (tertiary/aromatic N) is 2. The van der Waals surface area contributed by atoms with Crippen LogP contribution in [-0.2, 0) is 0 Å². The SMILES string of the molecule is CN1CCC2CC[C@@H](N3CCCCC3)CC21. The maximum Gasteiger partial charge on any atom is 0.0136 e. The fourth-order valence-corrected chi connectivity index (χ4v) is 4.21. The van der Waals surface area contributed by atoms with E-state index in [0.29, 0.717) is 0 Å². The molecule has 1 aliphatic carbocycles. The van der Waals surface area contributed by atoms with Gasteiger partial charge < -0.3 is 9.80 Å². The lowest BCUT2D eigenvalue weighted by Crippen LogP contribution is -2.46. The molecule has 0 aromatic heterocycles. The minimum atomic E-state index is 0.917. The van der Waals surface area contributed by atoms with E-state index >= 15 is 0 Å². The van der Waals surface area contributed by atoms with Crippen molar-refractivity contribution in [2.75, 3.05) is 26.7 Å². The predicted molar refractivity (Wildman–Crippen MR) is 67.6 cm³/mol. The van der Waals surface area contributed by atoms with Gasteiger partial charge in [0.15, 0.2) is 0 Å². The monoisotopic (exact) mass is 222 g/mol. The van der Waals surface area contributed by atoms with Crippen LogP contribution in [0.2, 0.25) is 0 Å². The van der Waals surface area contributed by atoms with Crippen LogP contribution in [0.1, 0.15) is 44.9 Å². The van der Waals surface area contributed by atoms with Crippen molar-refractivity contribution in [1.82, 2.24) is 9.80 Å². The van der Waals surface area contributed by atoms with Gasteiger partial charge in [0.25, 0.3) is 0 Å². The summed E-state index contributed by atoms with van der Waals surface area (Å²) < 4.78 is 0. The first-order valence-corrected chi connectivity index (χ1v) is 7.29. The highest BCUT2D eigenvalue weighted by Gasteiger charge is 2.38. The summed E-state index contributed by atoms with van der Waals surface area (Å²) in [7, 11) is 2.34. The van der Waals surface area contributed by atoms with Gasteiger partial charge in [0.05, 0.1) is 0 Å². The maximum atomic E-state index is 2.80. The molecule has 2 heterocycles. The number of fused-ring (bicyclic) bond motifs is 1. The van der Waals surface area contributed by atoms with Crippen LogP contribution in [0.4, 0.5) is 0 Å². The Morgan fingerprint density at radius 1 is 0.875 bits per heavy atom. The highest BCUT2D eigenvalue weighted by atomic mass is 15.2. The summed E-state index contributed by atoms with van der Waals surface area (Å²) in [6.07, 6.45) is 10.3. The van der Waals surface area contributed by atoms with Gasteiger partial charge in [-0.3, -0.25) is 0 Å². The minimum absolute atomic E-state index is 0.917. The van der Waals surface area contributed by atoms with E-state index in [2.05, 4.69) is 16.8 Å². The van der Waals surface area contributed by atoms with E-state index in [1.54, 1.807) is 0 Å². The van der Waals surface area contributed by atoms with Crippen LogP contribution in [0.3, 0.4) is 0 Å². The van der Waals surface area contributed by atoms with Gasteiger partial charge in [-0.1, -0.05) is 6.42 Å². The van der Waals surface area contributed by atoms with Crippen molar-refractivity contribution < 1.29 is 0 Å². The fourth-order valence-electron chi connectivity index (χ4n) is 4.21. The van der Waals surface area contributed by atoms with E-state index in [1.165, 1.54) is 64.6 Å². The molecule has 2 nitrogen and oxygen atoms in total. The molecule has 0 spiro atoms. The average Bonchev–Trinajstić information content (AvgIpc) is 2.72. The Labute approximate surface area is 100.0 Å². The second-order valence-corrected chi connectivity index (χ2v) is 6.16. The van der Waals surface area contributed by atoms with Gasteiger partial charge in [-0.15, -0.1) is 0 Å². The first kappa shape index (κ1) is 11.0. The third-order valence-electron chi connectivity index (χ3n) is 5.25. The van der Waals surface area contributed by atoms with Crippen LogP contribution >= 0.6 is 0 Å². The Morgan fingerprint density at radius 3 is 2.50 bits per heavy atom. The molecule has 3 aliphatic rings. The zero-order valence-corrected chi connectivity index (χ0v) is 10.7. The highest BCUT2D eigenvalue weighted by Crippen LogP contribution is 2.37. The van der Waals surface area contributed by atoms with E-state index in [4.69, 9.17) is 0 Å². The number of piperidine rings is 1. The lowest BCUT2D eigenvalue weighted by atomic mass is 9.81. The standard InChI is InChI=1S/C14H26N2/c1-15-10-7-12-5-6-13(11-14(12)15)16-8-3-2-4-9-16/h12-14H,2-11H2,1H3/t12?,13-,14?/m1/s1. The summed E-state index contributed by atoms with van der Waals surface area (Å²) in [6.45, 7) is 4.11. The summed E-state index contributed by atoms with van der Waals surface area (Å²) in [5.41, 5.74) is 0. The first-order chi connectivity index (χ1) is 7.84. The Morgan fingerprint density at radius 2 is 1.69 bits per heavy atom. The van der Waals surface area contributed by atoms with Crippen molar-refractivity contribution in [1.29, 1.82) is 0 Å². The molecular formula is C14H26N2. The topological polar surface area (TPSA) is 6.48 Å². The molecule has 2 heteroatoms. The number of hydrogen-bond acceptors (Lipinski definition) is 2. The largest absolute Gasteiger partial charge is 0.303 e. The molecule has 2 unspecified atom stereocenters. The van der Waals surface area contributed by atoms with E-state index < -0.39 is 0 Å². The van der Waals surface area contributed by atoms with Crippen molar-refractivity contribution in [2.24, 2.45) is 5.92 Å². The maximum absolute atomic E-state index is 2.80. The third kappa shape index (κ3) is 2.02. The van der Waals surface area contributed by atoms with E-state index in [-0.39, 0.29) is 0 Å². The van der Waals surface area contributed by atoms with Gasteiger partial charge in [-0.25, -0.2) is 0 Å². The van der Waals surface area contributed by atoms with Gasteiger partial charge >= 0.3 is 0 Å². The number of likely N-dealkylation sites (tertiary alicyclic amines) is 2. The Kier molecular flexibility index (Phi) is 3.21.